The molecule has 0 saturated carbocycles. The molecule has 1 rings (SSSR count). The van der Waals surface area contributed by atoms with E-state index in [4.69, 9.17) is 12.6 Å². The van der Waals surface area contributed by atoms with Crippen molar-refractivity contribution in [3.8, 4) is 0 Å². The van der Waals surface area contributed by atoms with Gasteiger partial charge in [-0.1, -0.05) is 13.8 Å². The first-order valence-electron chi connectivity index (χ1n) is 4.18. The molecule has 0 aromatic heterocycles. The molecule has 66 valence electrons. The average Bonchev–Trinajstić information content (AvgIpc) is 1.97. The van der Waals surface area contributed by atoms with E-state index in [0.717, 1.165) is 5.25 Å². The van der Waals surface area contributed by atoms with Crippen molar-refractivity contribution in [3.63, 3.8) is 0 Å². The number of thioether (sulfide) groups is 2. The number of thiol groups is 1. The van der Waals surface area contributed by atoms with Gasteiger partial charge in [-0.2, -0.15) is 24.4 Å². The number of hydrogen-bond donors (Lipinski definition) is 1. The molecule has 0 N–H and O–H groups in total. The highest BCUT2D eigenvalue weighted by molar-refractivity contribution is 8.14. The zero-order valence-electron chi connectivity index (χ0n) is 7.17. The van der Waals surface area contributed by atoms with Crippen LogP contribution in [0.1, 0.15) is 26.7 Å². The first-order chi connectivity index (χ1) is 5.20. The van der Waals surface area contributed by atoms with E-state index in [-0.39, 0.29) is 4.08 Å². The highest BCUT2D eigenvalue weighted by Crippen LogP contribution is 2.43. The molecular weight excluding hydrogens is 192 g/mol. The van der Waals surface area contributed by atoms with Gasteiger partial charge >= 0.3 is 0 Å². The maximum atomic E-state index is 4.70. The predicted octanol–water partition coefficient (Wildman–Crippen LogP) is 3.28. The molecule has 1 saturated heterocycles. The van der Waals surface area contributed by atoms with Gasteiger partial charge in [-0.3, -0.25) is 0 Å². The summed E-state index contributed by atoms with van der Waals surface area (Å²) in [5.41, 5.74) is 0. The van der Waals surface area contributed by atoms with Gasteiger partial charge in [0.05, 0.1) is 4.08 Å². The van der Waals surface area contributed by atoms with E-state index in [2.05, 4.69) is 37.4 Å². The summed E-state index contributed by atoms with van der Waals surface area (Å²) in [6.07, 6.45) is 2.36. The smallest absolute Gasteiger partial charge is 0.0579 e. The van der Waals surface area contributed by atoms with E-state index < -0.39 is 0 Å². The van der Waals surface area contributed by atoms with E-state index in [0.29, 0.717) is 0 Å². The Kier molecular flexibility index (Phi) is 3.99. The van der Waals surface area contributed by atoms with Crippen LogP contribution in [0, 0.1) is 0 Å². The van der Waals surface area contributed by atoms with Gasteiger partial charge in [0, 0.05) is 16.8 Å². The van der Waals surface area contributed by atoms with Crippen LogP contribution in [0.15, 0.2) is 0 Å². The fourth-order valence-corrected chi connectivity index (χ4v) is 3.96. The Morgan fingerprint density at radius 3 is 2.27 bits per heavy atom. The fraction of sp³-hybridized carbons (Fsp3) is 1.00. The molecule has 0 spiro atoms. The monoisotopic (exact) mass is 208 g/mol. The number of hydrogen-bond acceptors (Lipinski definition) is 3. The van der Waals surface area contributed by atoms with Crippen LogP contribution in [0.25, 0.3) is 0 Å². The Balaban J connectivity index is 2.29. The Labute approximate surface area is 83.7 Å². The summed E-state index contributed by atoms with van der Waals surface area (Å²) >= 11 is 8.83. The second-order valence-electron chi connectivity index (χ2n) is 2.93. The summed E-state index contributed by atoms with van der Waals surface area (Å²) in [6.45, 7) is 4.46. The van der Waals surface area contributed by atoms with Crippen molar-refractivity contribution in [1.29, 1.82) is 0 Å². The zero-order valence-corrected chi connectivity index (χ0v) is 9.70. The van der Waals surface area contributed by atoms with Crippen molar-refractivity contribution in [1.82, 2.24) is 0 Å². The van der Waals surface area contributed by atoms with Gasteiger partial charge in [0.2, 0.25) is 0 Å². The van der Waals surface area contributed by atoms with Gasteiger partial charge in [0.25, 0.3) is 0 Å². The molecule has 1 aliphatic heterocycles. The van der Waals surface area contributed by atoms with Crippen molar-refractivity contribution >= 4 is 36.2 Å². The van der Waals surface area contributed by atoms with Crippen molar-refractivity contribution in [2.45, 2.75) is 36.0 Å². The maximum Gasteiger partial charge on any atom is 0.0579 e. The molecule has 3 heteroatoms. The summed E-state index contributed by atoms with van der Waals surface area (Å²) in [5, 5.41) is 0.886. The summed E-state index contributed by atoms with van der Waals surface area (Å²) in [6, 6.07) is 0. The number of rotatable bonds is 4. The van der Waals surface area contributed by atoms with Crippen LogP contribution in [0.2, 0.25) is 0 Å². The normalized spacial score (nSPS) is 19.9. The van der Waals surface area contributed by atoms with Crippen LogP contribution in [-0.4, -0.2) is 20.8 Å². The lowest BCUT2D eigenvalue weighted by Gasteiger charge is -2.34. The van der Waals surface area contributed by atoms with E-state index in [1.807, 2.05) is 0 Å². The van der Waals surface area contributed by atoms with Crippen LogP contribution in [-0.2, 0) is 0 Å². The maximum absolute atomic E-state index is 4.70. The minimum atomic E-state index is 0.256. The zero-order chi connectivity index (χ0) is 8.32. The first kappa shape index (κ1) is 10.1. The lowest BCUT2D eigenvalue weighted by atomic mass is 10.2. The van der Waals surface area contributed by atoms with Gasteiger partial charge in [-0.25, -0.2) is 0 Å². The van der Waals surface area contributed by atoms with E-state index in [9.17, 15) is 0 Å². The SMILES string of the molecule is CCC(S)(CC)SC1CSC1. The Morgan fingerprint density at radius 2 is 2.00 bits per heavy atom. The summed E-state index contributed by atoms with van der Waals surface area (Å²) < 4.78 is 0.256. The van der Waals surface area contributed by atoms with Crippen LogP contribution < -0.4 is 0 Å². The Bertz CT molecular complexity index is 117. The summed E-state index contributed by atoms with van der Waals surface area (Å²) in [4.78, 5) is 0. The molecule has 0 amide bonds. The molecule has 1 fully saturated rings. The molecule has 1 aliphatic rings. The average molecular weight is 208 g/mol. The van der Waals surface area contributed by atoms with Gasteiger partial charge in [-0.15, -0.1) is 11.8 Å². The minimum Gasteiger partial charge on any atom is -0.162 e. The summed E-state index contributed by atoms with van der Waals surface area (Å²) in [5.74, 6) is 2.68. The standard InChI is InChI=1S/C8H16S3/c1-3-8(9,4-2)11-7-5-10-6-7/h7,9H,3-6H2,1-2H3. The molecule has 1 heterocycles. The predicted molar refractivity (Wildman–Crippen MR) is 61.0 cm³/mol. The minimum absolute atomic E-state index is 0.256. The molecule has 0 bridgehead atoms. The second-order valence-corrected chi connectivity index (χ2v) is 6.85. The van der Waals surface area contributed by atoms with Crippen LogP contribution >= 0.6 is 36.2 Å². The Morgan fingerprint density at radius 1 is 1.45 bits per heavy atom. The molecular formula is C8H16S3. The lowest BCUT2D eigenvalue weighted by molar-refractivity contribution is 0.739. The van der Waals surface area contributed by atoms with Crippen molar-refractivity contribution in [2.24, 2.45) is 0 Å². The molecule has 0 nitrogen and oxygen atoms in total. The molecule has 0 aromatic carbocycles. The van der Waals surface area contributed by atoms with Gasteiger partial charge in [0.15, 0.2) is 0 Å². The Hall–Kier alpha value is 1.05. The van der Waals surface area contributed by atoms with Gasteiger partial charge in [0.1, 0.15) is 0 Å². The third kappa shape index (κ3) is 2.78. The third-order valence-electron chi connectivity index (χ3n) is 2.10. The third-order valence-corrected chi connectivity index (χ3v) is 6.43. The molecule has 0 aliphatic carbocycles. The fourth-order valence-electron chi connectivity index (χ4n) is 1.01. The van der Waals surface area contributed by atoms with E-state index in [1.54, 1.807) is 0 Å². The van der Waals surface area contributed by atoms with Crippen LogP contribution in [0.4, 0.5) is 0 Å². The summed E-state index contributed by atoms with van der Waals surface area (Å²) in [7, 11) is 0. The largest absolute Gasteiger partial charge is 0.162 e. The molecule has 0 atom stereocenters. The van der Waals surface area contributed by atoms with E-state index >= 15 is 0 Å². The lowest BCUT2D eigenvalue weighted by Crippen LogP contribution is -2.28. The van der Waals surface area contributed by atoms with Gasteiger partial charge < -0.3 is 0 Å². The highest BCUT2D eigenvalue weighted by atomic mass is 32.2. The molecule has 11 heavy (non-hydrogen) atoms. The second kappa shape index (κ2) is 4.33. The van der Waals surface area contributed by atoms with E-state index in [1.165, 1.54) is 24.3 Å². The molecule has 0 radical (unpaired) electrons. The van der Waals surface area contributed by atoms with Crippen LogP contribution in [0.3, 0.4) is 0 Å². The quantitative estimate of drug-likeness (QED) is 0.556. The van der Waals surface area contributed by atoms with Gasteiger partial charge in [-0.05, 0) is 12.8 Å². The van der Waals surface area contributed by atoms with Crippen molar-refractivity contribution in [2.75, 3.05) is 11.5 Å². The van der Waals surface area contributed by atoms with Crippen molar-refractivity contribution in [3.05, 3.63) is 0 Å². The first-order valence-corrected chi connectivity index (χ1v) is 6.66. The van der Waals surface area contributed by atoms with Crippen LogP contribution in [0.5, 0.6) is 0 Å². The topological polar surface area (TPSA) is 0 Å². The molecule has 0 aromatic rings. The van der Waals surface area contributed by atoms with Crippen molar-refractivity contribution < 1.29 is 0 Å². The highest BCUT2D eigenvalue weighted by Gasteiger charge is 2.29. The molecule has 0 unspecified atom stereocenters.